The summed E-state index contributed by atoms with van der Waals surface area (Å²) in [4.78, 5) is 13.3. The van der Waals surface area contributed by atoms with Gasteiger partial charge in [0.15, 0.2) is 0 Å². The summed E-state index contributed by atoms with van der Waals surface area (Å²) in [5.41, 5.74) is 2.71. The van der Waals surface area contributed by atoms with Gasteiger partial charge in [-0.15, -0.1) is 0 Å². The zero-order valence-electron chi connectivity index (χ0n) is 19.1. The van der Waals surface area contributed by atoms with E-state index in [1.807, 2.05) is 60.7 Å². The molecule has 2 N–H and O–H groups in total. The Morgan fingerprint density at radius 2 is 1.31 bits per heavy atom. The normalized spacial score (nSPS) is 12.4. The van der Waals surface area contributed by atoms with Gasteiger partial charge in [0.1, 0.15) is 6.04 Å². The molecule has 4 aromatic rings. The summed E-state index contributed by atoms with van der Waals surface area (Å²) < 4.78 is 29.5. The number of carbonyl (C=O) groups is 1. The maximum Gasteiger partial charge on any atom is 0.242 e. The van der Waals surface area contributed by atoms with Gasteiger partial charge in [-0.1, -0.05) is 48.5 Å². The molecule has 0 saturated heterocycles. The third-order valence-electron chi connectivity index (χ3n) is 5.19. The fourth-order valence-corrected chi connectivity index (χ4v) is 4.91. The molecule has 9 heteroatoms. The Morgan fingerprint density at radius 1 is 0.750 bits per heavy atom. The number of nitrogens with one attached hydrogen (secondary N) is 2. The van der Waals surface area contributed by atoms with Crippen LogP contribution in [0.4, 0.5) is 17.1 Å². The van der Waals surface area contributed by atoms with Crippen LogP contribution >= 0.6 is 22.6 Å². The van der Waals surface area contributed by atoms with Crippen LogP contribution in [0.25, 0.3) is 0 Å². The number of rotatable bonds is 9. The molecule has 4 aromatic carbocycles. The summed E-state index contributed by atoms with van der Waals surface area (Å²) >= 11 is 2.11. The number of amides is 1. The van der Waals surface area contributed by atoms with Crippen molar-refractivity contribution < 1.29 is 13.2 Å². The fraction of sp³-hybridized carbons (Fsp3) is 0.0741. The zero-order chi connectivity index (χ0) is 25.4. The van der Waals surface area contributed by atoms with Crippen LogP contribution in [0.5, 0.6) is 0 Å². The van der Waals surface area contributed by atoms with Crippen molar-refractivity contribution in [1.29, 1.82) is 0 Å². The number of benzene rings is 4. The maximum absolute atomic E-state index is 13.2. The highest BCUT2D eigenvalue weighted by Crippen LogP contribution is 2.21. The van der Waals surface area contributed by atoms with Gasteiger partial charge in [-0.25, -0.2) is 8.42 Å². The van der Waals surface area contributed by atoms with E-state index < -0.39 is 22.0 Å². The van der Waals surface area contributed by atoms with Gasteiger partial charge in [0.2, 0.25) is 15.9 Å². The molecule has 0 unspecified atom stereocenters. The lowest BCUT2D eigenvalue weighted by atomic mass is 10.1. The van der Waals surface area contributed by atoms with Crippen molar-refractivity contribution in [1.82, 2.24) is 4.72 Å². The van der Waals surface area contributed by atoms with Crippen LogP contribution in [0.2, 0.25) is 0 Å². The van der Waals surface area contributed by atoms with Crippen LogP contribution in [0.15, 0.2) is 124 Å². The van der Waals surface area contributed by atoms with Crippen LogP contribution in [0, 0.1) is 3.57 Å². The maximum atomic E-state index is 13.2. The standard InChI is InChI=1S/C27H23IN4O3S/c28-21-11-17-25(18-12-21)36(34,35)32-26(19-20-7-3-1-4-8-20)27(33)29-22-13-15-24(16-14-22)31-30-23-9-5-2-6-10-23/h1-18,26,32H,19H2,(H,29,33)/t26-/m0/s1. The second-order valence-corrected chi connectivity index (χ2v) is 10.8. The monoisotopic (exact) mass is 610 g/mol. The molecule has 36 heavy (non-hydrogen) atoms. The van der Waals surface area contributed by atoms with E-state index in [1.165, 1.54) is 12.1 Å². The Labute approximate surface area is 223 Å². The predicted molar refractivity (Wildman–Crippen MR) is 149 cm³/mol. The second-order valence-electron chi connectivity index (χ2n) is 7.89. The first-order valence-electron chi connectivity index (χ1n) is 11.1. The third kappa shape index (κ3) is 7.30. The predicted octanol–water partition coefficient (Wildman–Crippen LogP) is 6.23. The number of hydrogen-bond acceptors (Lipinski definition) is 5. The topological polar surface area (TPSA) is 100.0 Å². The average molecular weight is 610 g/mol. The van der Waals surface area contributed by atoms with Crippen molar-refractivity contribution in [3.63, 3.8) is 0 Å². The molecule has 0 heterocycles. The molecule has 4 rings (SSSR count). The number of nitrogens with zero attached hydrogens (tertiary/aromatic N) is 2. The molecule has 0 fully saturated rings. The molecule has 0 aliphatic carbocycles. The minimum atomic E-state index is -3.92. The van der Waals surface area contributed by atoms with Gasteiger partial charge in [0.05, 0.1) is 16.3 Å². The molecular weight excluding hydrogens is 587 g/mol. The third-order valence-corrected chi connectivity index (χ3v) is 7.40. The SMILES string of the molecule is O=C(Nc1ccc(N=Nc2ccccc2)cc1)[C@H](Cc1ccccc1)NS(=O)(=O)c1ccc(I)cc1. The molecule has 0 aliphatic rings. The van der Waals surface area contributed by atoms with Gasteiger partial charge in [-0.05, 0) is 95.2 Å². The van der Waals surface area contributed by atoms with Crippen LogP contribution in [0.3, 0.4) is 0 Å². The molecule has 0 saturated carbocycles. The van der Waals surface area contributed by atoms with Crippen molar-refractivity contribution in [2.24, 2.45) is 10.2 Å². The van der Waals surface area contributed by atoms with Gasteiger partial charge >= 0.3 is 0 Å². The lowest BCUT2D eigenvalue weighted by molar-refractivity contribution is -0.117. The van der Waals surface area contributed by atoms with E-state index >= 15 is 0 Å². The van der Waals surface area contributed by atoms with E-state index in [4.69, 9.17) is 0 Å². The highest BCUT2D eigenvalue weighted by Gasteiger charge is 2.26. The summed E-state index contributed by atoms with van der Waals surface area (Å²) in [5, 5.41) is 11.2. The summed E-state index contributed by atoms with van der Waals surface area (Å²) in [6.07, 6.45) is 0.194. The Balaban J connectivity index is 1.49. The van der Waals surface area contributed by atoms with Crippen molar-refractivity contribution in [2.75, 3.05) is 5.32 Å². The van der Waals surface area contributed by atoms with E-state index in [1.54, 1.807) is 36.4 Å². The lowest BCUT2D eigenvalue weighted by Crippen LogP contribution is -2.45. The second kappa shape index (κ2) is 12.0. The van der Waals surface area contributed by atoms with Gasteiger partial charge in [-0.2, -0.15) is 15.0 Å². The van der Waals surface area contributed by atoms with Crippen molar-refractivity contribution in [2.45, 2.75) is 17.4 Å². The van der Waals surface area contributed by atoms with Crippen LogP contribution in [0.1, 0.15) is 5.56 Å². The fourth-order valence-electron chi connectivity index (χ4n) is 3.36. The quantitative estimate of drug-likeness (QED) is 0.174. The smallest absolute Gasteiger partial charge is 0.242 e. The van der Waals surface area contributed by atoms with Crippen molar-refractivity contribution >= 4 is 55.6 Å². The summed E-state index contributed by atoms with van der Waals surface area (Å²) in [5.74, 6) is -0.466. The molecule has 0 spiro atoms. The number of carbonyl (C=O) groups excluding carboxylic acids is 1. The number of azo groups is 1. The van der Waals surface area contributed by atoms with Crippen LogP contribution < -0.4 is 10.0 Å². The highest BCUT2D eigenvalue weighted by atomic mass is 127. The number of anilines is 1. The van der Waals surface area contributed by atoms with Crippen LogP contribution in [-0.4, -0.2) is 20.4 Å². The highest BCUT2D eigenvalue weighted by molar-refractivity contribution is 14.1. The molecule has 7 nitrogen and oxygen atoms in total. The van der Waals surface area contributed by atoms with Gasteiger partial charge in [0, 0.05) is 9.26 Å². The number of halogens is 1. The largest absolute Gasteiger partial charge is 0.325 e. The van der Waals surface area contributed by atoms with E-state index in [0.717, 1.165) is 14.8 Å². The van der Waals surface area contributed by atoms with Gasteiger partial charge in [0.25, 0.3) is 0 Å². The van der Waals surface area contributed by atoms with E-state index in [-0.39, 0.29) is 11.3 Å². The Kier molecular flexibility index (Phi) is 8.57. The first-order chi connectivity index (χ1) is 17.4. The van der Waals surface area contributed by atoms with E-state index in [9.17, 15) is 13.2 Å². The van der Waals surface area contributed by atoms with E-state index in [0.29, 0.717) is 11.4 Å². The van der Waals surface area contributed by atoms with Crippen molar-refractivity contribution in [3.8, 4) is 0 Å². The molecule has 0 aromatic heterocycles. The van der Waals surface area contributed by atoms with Gasteiger partial charge < -0.3 is 5.32 Å². The molecule has 182 valence electrons. The number of hydrogen-bond donors (Lipinski definition) is 2. The molecule has 0 bridgehead atoms. The van der Waals surface area contributed by atoms with Crippen molar-refractivity contribution in [3.05, 3.63) is 118 Å². The Hall–Kier alpha value is -3.41. The Bertz CT molecular complexity index is 1430. The Morgan fingerprint density at radius 3 is 1.92 bits per heavy atom. The van der Waals surface area contributed by atoms with Crippen LogP contribution in [-0.2, 0) is 21.2 Å². The molecular formula is C27H23IN4O3S. The van der Waals surface area contributed by atoms with Gasteiger partial charge in [-0.3, -0.25) is 4.79 Å². The molecule has 0 aliphatic heterocycles. The minimum absolute atomic E-state index is 0.0990. The summed E-state index contributed by atoms with van der Waals surface area (Å²) in [6, 6.07) is 30.9. The molecule has 1 amide bonds. The zero-order valence-corrected chi connectivity index (χ0v) is 22.1. The summed E-state index contributed by atoms with van der Waals surface area (Å²) in [7, 11) is -3.92. The average Bonchev–Trinajstić information content (AvgIpc) is 2.89. The molecule has 1 atom stereocenters. The molecule has 0 radical (unpaired) electrons. The summed E-state index contributed by atoms with van der Waals surface area (Å²) in [6.45, 7) is 0. The first-order valence-corrected chi connectivity index (χ1v) is 13.6. The van der Waals surface area contributed by atoms with E-state index in [2.05, 4.69) is 42.9 Å². The first kappa shape index (κ1) is 25.7. The number of sulfonamides is 1. The lowest BCUT2D eigenvalue weighted by Gasteiger charge is -2.19. The minimum Gasteiger partial charge on any atom is -0.325 e.